The second-order valence-corrected chi connectivity index (χ2v) is 1.84. The van der Waals surface area contributed by atoms with Gasteiger partial charge in [-0.05, 0) is 0 Å². The van der Waals surface area contributed by atoms with E-state index in [2.05, 4.69) is 0 Å². The summed E-state index contributed by atoms with van der Waals surface area (Å²) in [6, 6.07) is 0. The summed E-state index contributed by atoms with van der Waals surface area (Å²) in [7, 11) is 0. The van der Waals surface area contributed by atoms with Gasteiger partial charge in [-0.2, -0.15) is 0 Å². The first-order valence-electron chi connectivity index (χ1n) is 2.15. The van der Waals surface area contributed by atoms with E-state index >= 15 is 0 Å². The zero-order valence-corrected chi connectivity index (χ0v) is 5.31. The molecule has 0 aliphatic rings. The predicted octanol–water partition coefficient (Wildman–Crippen LogP) is 0.513. The highest BCUT2D eigenvalue weighted by Crippen LogP contribution is 2.05. The number of carbonyl (C=O) groups excluding carboxylic acids is 1. The molecular formula is C4H3ClF2O3. The fourth-order valence-corrected chi connectivity index (χ4v) is 0.328. The van der Waals surface area contributed by atoms with E-state index in [0.717, 1.165) is 0 Å². The van der Waals surface area contributed by atoms with Crippen LogP contribution in [0, 0.1) is 0 Å². The molecule has 0 spiro atoms. The highest BCUT2D eigenvalue weighted by atomic mass is 35.5. The van der Waals surface area contributed by atoms with E-state index in [1.54, 1.807) is 0 Å². The zero-order chi connectivity index (χ0) is 8.31. The largest absolute Gasteiger partial charge is 0.480 e. The molecule has 0 aromatic rings. The quantitative estimate of drug-likeness (QED) is 0.499. The van der Waals surface area contributed by atoms with Gasteiger partial charge in [0.05, 0.1) is 0 Å². The second-order valence-electron chi connectivity index (χ2n) is 1.40. The molecule has 1 unspecified atom stereocenters. The van der Waals surface area contributed by atoms with E-state index in [1.165, 1.54) is 0 Å². The van der Waals surface area contributed by atoms with Crippen LogP contribution >= 0.6 is 11.6 Å². The van der Waals surface area contributed by atoms with Crippen molar-refractivity contribution < 1.29 is 23.5 Å². The van der Waals surface area contributed by atoms with Crippen molar-refractivity contribution in [3.8, 4) is 0 Å². The minimum atomic E-state index is -3.32. The molecule has 10 heavy (non-hydrogen) atoms. The lowest BCUT2D eigenvalue weighted by molar-refractivity contribution is -0.142. The normalized spacial score (nSPS) is 13.2. The van der Waals surface area contributed by atoms with Crippen LogP contribution in [-0.4, -0.2) is 28.7 Å². The van der Waals surface area contributed by atoms with Gasteiger partial charge in [-0.25, -0.2) is 8.78 Å². The molecule has 0 aromatic heterocycles. The summed E-state index contributed by atoms with van der Waals surface area (Å²) in [4.78, 5) is 19.8. The van der Waals surface area contributed by atoms with Gasteiger partial charge in [-0.15, -0.1) is 11.6 Å². The first-order valence-corrected chi connectivity index (χ1v) is 2.59. The van der Waals surface area contributed by atoms with Crippen molar-refractivity contribution in [2.75, 3.05) is 0 Å². The van der Waals surface area contributed by atoms with E-state index < -0.39 is 23.6 Å². The topological polar surface area (TPSA) is 54.4 Å². The molecule has 0 bridgehead atoms. The van der Waals surface area contributed by atoms with Crippen LogP contribution in [0.2, 0.25) is 0 Å². The van der Waals surface area contributed by atoms with Crippen LogP contribution in [0.3, 0.4) is 0 Å². The molecule has 0 aromatic carbocycles. The number of carbonyl (C=O) groups is 2. The van der Waals surface area contributed by atoms with Crippen LogP contribution in [0.15, 0.2) is 0 Å². The molecule has 0 fully saturated rings. The third-order valence-electron chi connectivity index (χ3n) is 0.682. The Morgan fingerprint density at radius 1 is 1.40 bits per heavy atom. The Bertz CT molecular complexity index is 159. The zero-order valence-electron chi connectivity index (χ0n) is 4.55. The first-order chi connectivity index (χ1) is 4.46. The van der Waals surface area contributed by atoms with E-state index in [9.17, 15) is 18.4 Å². The van der Waals surface area contributed by atoms with E-state index in [0.29, 0.717) is 0 Å². The standard InChI is InChI=1S/C4H3ClF2O3/c5-1(4(9)10)2(8)3(6)7/h1,3H,(H,9,10). The second kappa shape index (κ2) is 3.46. The molecule has 1 atom stereocenters. The van der Waals surface area contributed by atoms with Crippen molar-refractivity contribution in [2.45, 2.75) is 11.8 Å². The number of alkyl halides is 3. The molecule has 3 nitrogen and oxygen atoms in total. The molecule has 0 heterocycles. The molecule has 0 aliphatic heterocycles. The highest BCUT2D eigenvalue weighted by Gasteiger charge is 2.30. The minimum absolute atomic E-state index is 1.76. The Morgan fingerprint density at radius 2 is 1.80 bits per heavy atom. The van der Waals surface area contributed by atoms with E-state index in [1.807, 2.05) is 0 Å². The monoisotopic (exact) mass is 172 g/mol. The molecule has 0 saturated heterocycles. The van der Waals surface area contributed by atoms with Crippen molar-refractivity contribution in [1.29, 1.82) is 0 Å². The summed E-state index contributed by atoms with van der Waals surface area (Å²) in [6.07, 6.45) is -3.32. The molecule has 0 aliphatic carbocycles. The number of hydrogen-bond donors (Lipinski definition) is 1. The van der Waals surface area contributed by atoms with Crippen molar-refractivity contribution in [2.24, 2.45) is 0 Å². The van der Waals surface area contributed by atoms with Crippen LogP contribution in [0.25, 0.3) is 0 Å². The van der Waals surface area contributed by atoms with Gasteiger partial charge in [-0.3, -0.25) is 9.59 Å². The highest BCUT2D eigenvalue weighted by molar-refractivity contribution is 6.41. The van der Waals surface area contributed by atoms with Crippen LogP contribution in [0.1, 0.15) is 0 Å². The number of aliphatic carboxylic acids is 1. The average molecular weight is 173 g/mol. The van der Waals surface area contributed by atoms with Gasteiger partial charge in [-0.1, -0.05) is 0 Å². The Hall–Kier alpha value is -0.710. The third kappa shape index (κ3) is 2.26. The predicted molar refractivity (Wildman–Crippen MR) is 28.3 cm³/mol. The lowest BCUT2D eigenvalue weighted by atomic mass is 10.3. The first kappa shape index (κ1) is 9.29. The Balaban J connectivity index is 4.08. The Morgan fingerprint density at radius 3 is 1.90 bits per heavy atom. The number of carboxylic acids is 1. The maximum atomic E-state index is 11.3. The lowest BCUT2D eigenvalue weighted by Crippen LogP contribution is -2.29. The Kier molecular flexibility index (Phi) is 3.21. The lowest BCUT2D eigenvalue weighted by Gasteiger charge is -1.99. The van der Waals surface area contributed by atoms with Crippen LogP contribution < -0.4 is 0 Å². The molecule has 1 N–H and O–H groups in total. The molecule has 0 rings (SSSR count). The molecule has 0 radical (unpaired) electrons. The summed E-state index contributed by atoms with van der Waals surface area (Å²) >= 11 is 4.73. The number of halogens is 3. The SMILES string of the molecule is O=C(O)C(Cl)C(=O)C(F)F. The van der Waals surface area contributed by atoms with Gasteiger partial charge in [0.2, 0.25) is 5.78 Å². The average Bonchev–Trinajstić information content (AvgIpc) is 1.84. The number of Topliss-reactive ketones (excluding diaryl/α,β-unsaturated/α-hetero) is 1. The van der Waals surface area contributed by atoms with Crippen molar-refractivity contribution in [1.82, 2.24) is 0 Å². The molecule has 58 valence electrons. The van der Waals surface area contributed by atoms with Gasteiger partial charge in [0.1, 0.15) is 0 Å². The number of rotatable bonds is 3. The number of carboxylic acid groups (broad SMARTS) is 1. The summed E-state index contributed by atoms with van der Waals surface area (Å²) in [5.74, 6) is -3.54. The summed E-state index contributed by atoms with van der Waals surface area (Å²) in [5.41, 5.74) is 0. The van der Waals surface area contributed by atoms with Crippen LogP contribution in [0.5, 0.6) is 0 Å². The van der Waals surface area contributed by atoms with Crippen molar-refractivity contribution >= 4 is 23.4 Å². The summed E-state index contributed by atoms with van der Waals surface area (Å²) in [6.45, 7) is 0. The van der Waals surface area contributed by atoms with Gasteiger partial charge >= 0.3 is 5.97 Å². The van der Waals surface area contributed by atoms with Gasteiger partial charge < -0.3 is 5.11 Å². The fraction of sp³-hybridized carbons (Fsp3) is 0.500. The van der Waals surface area contributed by atoms with Crippen molar-refractivity contribution in [3.05, 3.63) is 0 Å². The molecular weight excluding hydrogens is 169 g/mol. The summed E-state index contributed by atoms with van der Waals surface area (Å²) < 4.78 is 22.7. The van der Waals surface area contributed by atoms with Crippen molar-refractivity contribution in [3.63, 3.8) is 0 Å². The van der Waals surface area contributed by atoms with Gasteiger partial charge in [0.25, 0.3) is 6.43 Å². The maximum absolute atomic E-state index is 11.3. The molecule has 0 amide bonds. The molecule has 0 saturated carbocycles. The third-order valence-corrected chi connectivity index (χ3v) is 1.08. The maximum Gasteiger partial charge on any atom is 0.329 e. The summed E-state index contributed by atoms with van der Waals surface area (Å²) in [5, 5.41) is 5.78. The number of hydrogen-bond acceptors (Lipinski definition) is 2. The fourth-order valence-electron chi connectivity index (χ4n) is 0.232. The van der Waals surface area contributed by atoms with Crippen LogP contribution in [0.4, 0.5) is 8.78 Å². The van der Waals surface area contributed by atoms with E-state index in [-0.39, 0.29) is 0 Å². The van der Waals surface area contributed by atoms with Gasteiger partial charge in [0.15, 0.2) is 5.38 Å². The smallest absolute Gasteiger partial charge is 0.329 e. The van der Waals surface area contributed by atoms with E-state index in [4.69, 9.17) is 16.7 Å². The van der Waals surface area contributed by atoms with Gasteiger partial charge in [0, 0.05) is 0 Å². The molecule has 6 heteroatoms. The van der Waals surface area contributed by atoms with Crippen LogP contribution in [-0.2, 0) is 9.59 Å². The Labute approximate surface area is 59.6 Å². The number of ketones is 1. The minimum Gasteiger partial charge on any atom is -0.480 e.